The van der Waals surface area contributed by atoms with Crippen LogP contribution in [0.2, 0.25) is 0 Å². The molecule has 0 saturated heterocycles. The maximum absolute atomic E-state index is 13.9. The van der Waals surface area contributed by atoms with Gasteiger partial charge in [-0.15, -0.1) is 0 Å². The fourth-order valence-corrected chi connectivity index (χ4v) is 3.42. The molecule has 0 aliphatic heterocycles. The van der Waals surface area contributed by atoms with Crippen LogP contribution >= 0.6 is 22.6 Å². The molecule has 0 bridgehead atoms. The molecule has 0 spiro atoms. The molecule has 0 saturated carbocycles. The van der Waals surface area contributed by atoms with Crippen molar-refractivity contribution in [1.82, 2.24) is 0 Å². The van der Waals surface area contributed by atoms with Gasteiger partial charge in [0, 0.05) is 9.84 Å². The van der Waals surface area contributed by atoms with Gasteiger partial charge < -0.3 is 0 Å². The van der Waals surface area contributed by atoms with E-state index in [9.17, 15) is 57.1 Å². The lowest BCUT2D eigenvalue weighted by molar-refractivity contribution is -0.440. The van der Waals surface area contributed by atoms with Crippen molar-refractivity contribution >= 4 is 22.6 Å². The summed E-state index contributed by atoms with van der Waals surface area (Å²) in [4.78, 5) is 0. The monoisotopic (exact) mass is 586 g/mol. The van der Waals surface area contributed by atoms with Crippen molar-refractivity contribution in [1.29, 1.82) is 0 Å². The molecule has 1 atom stereocenters. The maximum Gasteiger partial charge on any atom is 0.460 e. The van der Waals surface area contributed by atoms with E-state index in [1.807, 2.05) is 6.92 Å². The second-order valence-electron chi connectivity index (χ2n) is 7.25. The molecular formula is C16H20F13I. The molecule has 0 rings (SSSR count). The summed E-state index contributed by atoms with van der Waals surface area (Å²) in [6.45, 7) is 2.79. The fourth-order valence-electron chi connectivity index (χ4n) is 2.56. The predicted octanol–water partition coefficient (Wildman–Crippen LogP) is 8.67. The quantitative estimate of drug-likeness (QED) is 0.0930. The molecule has 182 valence electrons. The molecule has 0 amide bonds. The van der Waals surface area contributed by atoms with Gasteiger partial charge in [0.15, 0.2) is 0 Å². The van der Waals surface area contributed by atoms with Crippen LogP contribution in [0, 0.1) is 0 Å². The largest absolute Gasteiger partial charge is 0.460 e. The Balaban J connectivity index is 5.74. The van der Waals surface area contributed by atoms with Crippen LogP contribution < -0.4 is 0 Å². The SMILES string of the molecule is CCCCCCCC(C)(I)CC(F)(F)C(F)(F)C(F)(F)C(F)(F)C(F)(F)C(F)(F)F. The van der Waals surface area contributed by atoms with Crippen molar-refractivity contribution in [3.63, 3.8) is 0 Å². The first-order chi connectivity index (χ1) is 13.0. The molecule has 0 aliphatic rings. The lowest BCUT2D eigenvalue weighted by Gasteiger charge is -2.41. The second kappa shape index (κ2) is 9.36. The molecule has 14 heteroatoms. The van der Waals surface area contributed by atoms with E-state index in [4.69, 9.17) is 0 Å². The smallest absolute Gasteiger partial charge is 0.200 e. The Kier molecular flexibility index (Phi) is 9.30. The van der Waals surface area contributed by atoms with Crippen LogP contribution in [-0.4, -0.2) is 39.2 Å². The van der Waals surface area contributed by atoms with E-state index >= 15 is 0 Å². The van der Waals surface area contributed by atoms with E-state index in [1.54, 1.807) is 0 Å². The van der Waals surface area contributed by atoms with Crippen molar-refractivity contribution in [3.05, 3.63) is 0 Å². The van der Waals surface area contributed by atoms with Crippen LogP contribution in [0.25, 0.3) is 0 Å². The van der Waals surface area contributed by atoms with Gasteiger partial charge in [-0.05, 0) is 6.42 Å². The average molecular weight is 586 g/mol. The normalized spacial score (nSPS) is 17.2. The zero-order chi connectivity index (χ0) is 24.4. The van der Waals surface area contributed by atoms with Crippen molar-refractivity contribution in [2.75, 3.05) is 0 Å². The molecule has 0 radical (unpaired) electrons. The van der Waals surface area contributed by atoms with E-state index in [0.29, 0.717) is 12.8 Å². The summed E-state index contributed by atoms with van der Waals surface area (Å²) in [5, 5.41) is 0. The summed E-state index contributed by atoms with van der Waals surface area (Å²) < 4.78 is 169. The number of halogens is 14. The number of unbranched alkanes of at least 4 members (excludes halogenated alkanes) is 4. The molecule has 1 unspecified atom stereocenters. The van der Waals surface area contributed by atoms with E-state index < -0.39 is 45.6 Å². The first-order valence-electron chi connectivity index (χ1n) is 8.66. The van der Waals surface area contributed by atoms with Gasteiger partial charge in [-0.3, -0.25) is 0 Å². The zero-order valence-electron chi connectivity index (χ0n) is 15.7. The third-order valence-corrected chi connectivity index (χ3v) is 5.31. The minimum Gasteiger partial charge on any atom is -0.200 e. The number of alkyl halides is 14. The molecule has 0 N–H and O–H groups in total. The van der Waals surface area contributed by atoms with E-state index in [1.165, 1.54) is 22.6 Å². The standard InChI is InChI=1S/C16H20F13I/c1-3-4-5-6-7-8-10(2,30)9-11(17,18)12(19,20)13(21,22)14(23,24)15(25,26)16(27,28)29/h3-9H2,1-2H3. The second-order valence-corrected chi connectivity index (χ2v) is 9.86. The van der Waals surface area contributed by atoms with E-state index in [-0.39, 0.29) is 12.8 Å². The minimum atomic E-state index is -7.84. The minimum absolute atomic E-state index is 0.194. The molecule has 0 fully saturated rings. The van der Waals surface area contributed by atoms with Crippen LogP contribution in [-0.2, 0) is 0 Å². The molecule has 0 aromatic rings. The van der Waals surface area contributed by atoms with Crippen molar-refractivity contribution < 1.29 is 57.1 Å². The Morgan fingerprint density at radius 1 is 0.567 bits per heavy atom. The van der Waals surface area contributed by atoms with Gasteiger partial charge in [0.25, 0.3) is 0 Å². The van der Waals surface area contributed by atoms with E-state index in [2.05, 4.69) is 0 Å². The van der Waals surface area contributed by atoms with Gasteiger partial charge >= 0.3 is 35.8 Å². The molecular weight excluding hydrogens is 566 g/mol. The Hall–Kier alpha value is -0.180. The first kappa shape index (κ1) is 29.8. The third kappa shape index (κ3) is 5.78. The summed E-state index contributed by atoms with van der Waals surface area (Å²) in [5.41, 5.74) is 0. The van der Waals surface area contributed by atoms with Crippen LogP contribution in [0.3, 0.4) is 0 Å². The number of rotatable bonds is 12. The Labute approximate surface area is 178 Å². The van der Waals surface area contributed by atoms with Gasteiger partial charge in [-0.2, -0.15) is 57.1 Å². The van der Waals surface area contributed by atoms with Crippen LogP contribution in [0.4, 0.5) is 57.1 Å². The highest BCUT2D eigenvalue weighted by Crippen LogP contribution is 2.61. The third-order valence-electron chi connectivity index (χ3n) is 4.39. The Morgan fingerprint density at radius 3 is 1.37 bits per heavy atom. The average Bonchev–Trinajstić information content (AvgIpc) is 2.51. The van der Waals surface area contributed by atoms with Gasteiger partial charge in [0.2, 0.25) is 0 Å². The van der Waals surface area contributed by atoms with Gasteiger partial charge in [-0.25, -0.2) is 0 Å². The van der Waals surface area contributed by atoms with Crippen molar-refractivity contribution in [2.24, 2.45) is 0 Å². The van der Waals surface area contributed by atoms with Crippen LogP contribution in [0.1, 0.15) is 58.8 Å². The van der Waals surface area contributed by atoms with Crippen LogP contribution in [0.15, 0.2) is 0 Å². The number of hydrogen-bond donors (Lipinski definition) is 0. The Bertz CT molecular complexity index is 552. The molecule has 0 aromatic carbocycles. The van der Waals surface area contributed by atoms with Gasteiger partial charge in [-0.1, -0.05) is 68.5 Å². The summed E-state index contributed by atoms with van der Waals surface area (Å²) >= 11 is 1.21. The topological polar surface area (TPSA) is 0 Å². The summed E-state index contributed by atoms with van der Waals surface area (Å²) in [6.07, 6.45) is -6.85. The number of hydrogen-bond acceptors (Lipinski definition) is 0. The molecule has 30 heavy (non-hydrogen) atoms. The summed E-state index contributed by atoms with van der Waals surface area (Å²) in [5.74, 6) is -36.5. The van der Waals surface area contributed by atoms with Crippen molar-refractivity contribution in [2.45, 2.75) is 98.0 Å². The van der Waals surface area contributed by atoms with Gasteiger partial charge in [0.05, 0.1) is 0 Å². The lowest BCUT2D eigenvalue weighted by Crippen LogP contribution is -2.70. The predicted molar refractivity (Wildman–Crippen MR) is 91.2 cm³/mol. The molecule has 0 aliphatic carbocycles. The highest BCUT2D eigenvalue weighted by molar-refractivity contribution is 14.1. The summed E-state index contributed by atoms with van der Waals surface area (Å²) in [7, 11) is 0. The lowest BCUT2D eigenvalue weighted by atomic mass is 9.88. The van der Waals surface area contributed by atoms with Gasteiger partial charge in [0.1, 0.15) is 0 Å². The molecule has 0 nitrogen and oxygen atoms in total. The fraction of sp³-hybridized carbons (Fsp3) is 1.00. The highest BCUT2D eigenvalue weighted by atomic mass is 127. The molecule has 0 aromatic heterocycles. The zero-order valence-corrected chi connectivity index (χ0v) is 17.9. The first-order valence-corrected chi connectivity index (χ1v) is 9.74. The maximum atomic E-state index is 13.9. The van der Waals surface area contributed by atoms with E-state index in [0.717, 1.165) is 19.8 Å². The summed E-state index contributed by atoms with van der Waals surface area (Å²) in [6, 6.07) is 0. The highest BCUT2D eigenvalue weighted by Gasteiger charge is 2.90. The Morgan fingerprint density at radius 2 is 0.967 bits per heavy atom. The van der Waals surface area contributed by atoms with Crippen molar-refractivity contribution in [3.8, 4) is 0 Å². The molecule has 0 heterocycles. The van der Waals surface area contributed by atoms with Crippen LogP contribution in [0.5, 0.6) is 0 Å².